The zero-order valence-electron chi connectivity index (χ0n) is 13.2. The van der Waals surface area contributed by atoms with Crippen molar-refractivity contribution in [3.8, 4) is 0 Å². The molecule has 0 spiro atoms. The van der Waals surface area contributed by atoms with Gasteiger partial charge in [0.1, 0.15) is 0 Å². The maximum Gasteiger partial charge on any atom is 0.320 e. The van der Waals surface area contributed by atoms with Gasteiger partial charge in [0.15, 0.2) is 0 Å². The van der Waals surface area contributed by atoms with Crippen LogP contribution in [0.25, 0.3) is 0 Å². The van der Waals surface area contributed by atoms with Crippen molar-refractivity contribution in [1.29, 1.82) is 0 Å². The quantitative estimate of drug-likeness (QED) is 0.865. The number of likely N-dealkylation sites (N-methyl/N-ethyl adjacent to an activating group) is 1. The van der Waals surface area contributed by atoms with Gasteiger partial charge in [-0.1, -0.05) is 19.8 Å². The summed E-state index contributed by atoms with van der Waals surface area (Å²) in [5, 5.41) is 0. The maximum absolute atomic E-state index is 12.9. The minimum atomic E-state index is -0.0963. The average Bonchev–Trinajstić information content (AvgIpc) is 2.48. The molecule has 0 aromatic carbocycles. The third-order valence-corrected chi connectivity index (χ3v) is 5.19. The van der Waals surface area contributed by atoms with Gasteiger partial charge in [0, 0.05) is 26.2 Å². The van der Waals surface area contributed by atoms with Gasteiger partial charge in [0.05, 0.1) is 5.54 Å². The van der Waals surface area contributed by atoms with E-state index in [1.165, 1.54) is 19.3 Å². The molecule has 1 aliphatic carbocycles. The van der Waals surface area contributed by atoms with Crippen molar-refractivity contribution in [3.05, 3.63) is 0 Å². The molecule has 20 heavy (non-hydrogen) atoms. The highest BCUT2D eigenvalue weighted by molar-refractivity contribution is 5.75. The molecule has 1 saturated carbocycles. The first-order chi connectivity index (χ1) is 9.63. The summed E-state index contributed by atoms with van der Waals surface area (Å²) in [5.74, 6) is 0.676. The van der Waals surface area contributed by atoms with Crippen molar-refractivity contribution < 1.29 is 4.79 Å². The fraction of sp³-hybridized carbons (Fsp3) is 0.938. The molecule has 2 N–H and O–H groups in total. The summed E-state index contributed by atoms with van der Waals surface area (Å²) in [6.45, 7) is 7.61. The second-order valence-electron chi connectivity index (χ2n) is 6.70. The Morgan fingerprint density at radius 2 is 2.00 bits per heavy atom. The van der Waals surface area contributed by atoms with Gasteiger partial charge in [-0.2, -0.15) is 0 Å². The van der Waals surface area contributed by atoms with Crippen LogP contribution in [0.1, 0.15) is 58.8 Å². The zero-order chi connectivity index (χ0) is 14.6. The van der Waals surface area contributed by atoms with E-state index in [0.717, 1.165) is 45.3 Å². The van der Waals surface area contributed by atoms with E-state index < -0.39 is 0 Å². The molecule has 2 amide bonds. The summed E-state index contributed by atoms with van der Waals surface area (Å²) in [6.07, 6.45) is 8.16. The SMILES string of the molecule is CCN(C(=O)N1CCCCC1)C1(CN)CCCC(C)C1. The standard InChI is InChI=1S/C16H31N3O/c1-3-19(15(20)18-10-5-4-6-11-18)16(13-17)9-7-8-14(2)12-16/h14H,3-13,17H2,1-2H3. The summed E-state index contributed by atoms with van der Waals surface area (Å²) < 4.78 is 0. The Kier molecular flexibility index (Phi) is 5.30. The van der Waals surface area contributed by atoms with E-state index in [1.807, 2.05) is 4.90 Å². The topological polar surface area (TPSA) is 49.6 Å². The predicted octanol–water partition coefficient (Wildman–Crippen LogP) is 2.82. The minimum absolute atomic E-state index is 0.0963. The fourth-order valence-corrected chi connectivity index (χ4v) is 4.10. The molecule has 0 radical (unpaired) electrons. The first kappa shape index (κ1) is 15.6. The van der Waals surface area contributed by atoms with Crippen LogP contribution in [0.15, 0.2) is 0 Å². The number of piperidine rings is 1. The molecular weight excluding hydrogens is 250 g/mol. The number of amides is 2. The minimum Gasteiger partial charge on any atom is -0.328 e. The number of hydrogen-bond acceptors (Lipinski definition) is 2. The highest BCUT2D eigenvalue weighted by Crippen LogP contribution is 2.37. The van der Waals surface area contributed by atoms with Crippen LogP contribution < -0.4 is 5.73 Å². The predicted molar refractivity (Wildman–Crippen MR) is 82.6 cm³/mol. The molecule has 1 saturated heterocycles. The summed E-state index contributed by atoms with van der Waals surface area (Å²) >= 11 is 0. The molecule has 2 fully saturated rings. The number of carbonyl (C=O) groups excluding carboxylic acids is 1. The normalized spacial score (nSPS) is 31.1. The van der Waals surface area contributed by atoms with Crippen molar-refractivity contribution in [3.63, 3.8) is 0 Å². The Morgan fingerprint density at radius 1 is 1.30 bits per heavy atom. The Morgan fingerprint density at radius 3 is 2.55 bits per heavy atom. The van der Waals surface area contributed by atoms with Crippen LogP contribution in [0.5, 0.6) is 0 Å². The van der Waals surface area contributed by atoms with Crippen molar-refractivity contribution in [2.45, 2.75) is 64.3 Å². The lowest BCUT2D eigenvalue weighted by atomic mass is 9.75. The Labute approximate surface area is 123 Å². The summed E-state index contributed by atoms with van der Waals surface area (Å²) in [7, 11) is 0. The van der Waals surface area contributed by atoms with E-state index in [1.54, 1.807) is 0 Å². The first-order valence-corrected chi connectivity index (χ1v) is 8.39. The van der Waals surface area contributed by atoms with Crippen LogP contribution in [-0.2, 0) is 0 Å². The highest BCUT2D eigenvalue weighted by Gasteiger charge is 2.42. The first-order valence-electron chi connectivity index (χ1n) is 8.39. The Bertz CT molecular complexity index is 328. The summed E-state index contributed by atoms with van der Waals surface area (Å²) in [5.41, 5.74) is 6.04. The van der Waals surface area contributed by atoms with Crippen molar-refractivity contribution in [2.75, 3.05) is 26.2 Å². The van der Waals surface area contributed by atoms with E-state index in [-0.39, 0.29) is 11.6 Å². The number of rotatable bonds is 3. The highest BCUT2D eigenvalue weighted by atomic mass is 16.2. The van der Waals surface area contributed by atoms with Gasteiger partial charge in [-0.05, 0) is 44.9 Å². The molecule has 4 nitrogen and oxygen atoms in total. The van der Waals surface area contributed by atoms with Crippen LogP contribution in [0.2, 0.25) is 0 Å². The molecule has 2 unspecified atom stereocenters. The molecular formula is C16H31N3O. The van der Waals surface area contributed by atoms with E-state index in [9.17, 15) is 4.79 Å². The van der Waals surface area contributed by atoms with Gasteiger partial charge in [-0.15, -0.1) is 0 Å². The lowest BCUT2D eigenvalue weighted by Crippen LogP contribution is -2.61. The lowest BCUT2D eigenvalue weighted by Gasteiger charge is -2.49. The zero-order valence-corrected chi connectivity index (χ0v) is 13.2. The summed E-state index contributed by atoms with van der Waals surface area (Å²) in [4.78, 5) is 17.0. The molecule has 0 aromatic heterocycles. The Hall–Kier alpha value is -0.770. The molecule has 1 aliphatic heterocycles. The Balaban J connectivity index is 2.13. The van der Waals surface area contributed by atoms with Crippen LogP contribution in [-0.4, -0.2) is 47.5 Å². The number of carbonyl (C=O) groups is 1. The van der Waals surface area contributed by atoms with Crippen LogP contribution in [0.3, 0.4) is 0 Å². The molecule has 0 bridgehead atoms. The maximum atomic E-state index is 12.9. The molecule has 2 rings (SSSR count). The number of nitrogens with zero attached hydrogens (tertiary/aromatic N) is 2. The van der Waals surface area contributed by atoms with Crippen molar-refractivity contribution in [2.24, 2.45) is 11.7 Å². The van der Waals surface area contributed by atoms with Gasteiger partial charge in [0.25, 0.3) is 0 Å². The monoisotopic (exact) mass is 281 g/mol. The fourth-order valence-electron chi connectivity index (χ4n) is 4.10. The summed E-state index contributed by atoms with van der Waals surface area (Å²) in [6, 6.07) is 0.228. The van der Waals surface area contributed by atoms with Gasteiger partial charge in [-0.3, -0.25) is 0 Å². The molecule has 2 aliphatic rings. The van der Waals surface area contributed by atoms with Gasteiger partial charge >= 0.3 is 6.03 Å². The van der Waals surface area contributed by atoms with E-state index in [4.69, 9.17) is 5.73 Å². The van der Waals surface area contributed by atoms with Gasteiger partial charge < -0.3 is 15.5 Å². The van der Waals surface area contributed by atoms with E-state index in [2.05, 4.69) is 18.7 Å². The molecule has 1 heterocycles. The van der Waals surface area contributed by atoms with Gasteiger partial charge in [-0.25, -0.2) is 4.79 Å². The molecule has 4 heteroatoms. The van der Waals surface area contributed by atoms with Crippen molar-refractivity contribution in [1.82, 2.24) is 9.80 Å². The third kappa shape index (κ3) is 3.11. The third-order valence-electron chi connectivity index (χ3n) is 5.19. The number of nitrogens with two attached hydrogens (primary N) is 1. The largest absolute Gasteiger partial charge is 0.328 e. The second-order valence-corrected chi connectivity index (χ2v) is 6.70. The van der Waals surface area contributed by atoms with Crippen LogP contribution >= 0.6 is 0 Å². The molecule has 0 aromatic rings. The van der Waals surface area contributed by atoms with Crippen LogP contribution in [0.4, 0.5) is 4.79 Å². The number of hydrogen-bond donors (Lipinski definition) is 1. The smallest absolute Gasteiger partial charge is 0.320 e. The van der Waals surface area contributed by atoms with Crippen LogP contribution in [0, 0.1) is 5.92 Å². The number of likely N-dealkylation sites (tertiary alicyclic amines) is 1. The number of urea groups is 1. The van der Waals surface area contributed by atoms with Crippen molar-refractivity contribution >= 4 is 6.03 Å². The average molecular weight is 281 g/mol. The van der Waals surface area contributed by atoms with Gasteiger partial charge in [0.2, 0.25) is 0 Å². The van der Waals surface area contributed by atoms with E-state index >= 15 is 0 Å². The lowest BCUT2D eigenvalue weighted by molar-refractivity contribution is 0.0484. The van der Waals surface area contributed by atoms with E-state index in [0.29, 0.717) is 12.5 Å². The molecule has 2 atom stereocenters. The molecule has 116 valence electrons. The second kappa shape index (κ2) is 6.79.